The van der Waals surface area contributed by atoms with Crippen molar-refractivity contribution in [2.24, 2.45) is 5.92 Å². The molecule has 3 atom stereocenters. The number of hydrogen-bond acceptors (Lipinski definition) is 5. The lowest BCUT2D eigenvalue weighted by Gasteiger charge is -2.24. The molecule has 27 heavy (non-hydrogen) atoms. The highest BCUT2D eigenvalue weighted by molar-refractivity contribution is 6.07. The molecule has 2 aliphatic heterocycles. The van der Waals surface area contributed by atoms with Crippen LogP contribution in [-0.4, -0.2) is 48.9 Å². The van der Waals surface area contributed by atoms with Crippen LogP contribution in [0.1, 0.15) is 17.2 Å². The fraction of sp³-hybridized carbons (Fsp3) is 0.333. The SMILES string of the molecule is CN1C(=O)[C@H]2[C@@H](c3ccc(N(C)C)cc3)NN(Cc3ccccc3)[C@@H]2C1=O. The summed E-state index contributed by atoms with van der Waals surface area (Å²) in [6, 6.07) is 17.4. The largest absolute Gasteiger partial charge is 0.378 e. The second-order valence-electron chi connectivity index (χ2n) is 7.41. The number of carbonyl (C=O) groups is 2. The Morgan fingerprint density at radius 2 is 1.63 bits per heavy atom. The average molecular weight is 364 g/mol. The highest BCUT2D eigenvalue weighted by atomic mass is 16.2. The summed E-state index contributed by atoms with van der Waals surface area (Å²) in [4.78, 5) is 28.8. The van der Waals surface area contributed by atoms with Gasteiger partial charge in [0.05, 0.1) is 12.0 Å². The Labute approximate surface area is 159 Å². The van der Waals surface area contributed by atoms with Crippen LogP contribution in [0.5, 0.6) is 0 Å². The topological polar surface area (TPSA) is 55.9 Å². The molecule has 1 N–H and O–H groups in total. The second-order valence-corrected chi connectivity index (χ2v) is 7.41. The standard InChI is InChI=1S/C21H24N4O2/c1-23(2)16-11-9-15(10-12-16)18-17-19(21(27)24(3)20(17)26)25(22-18)13-14-7-5-4-6-8-14/h4-12,17-19,22H,13H2,1-3H3/t17-,18+,19-/m0/s1. The predicted octanol–water partition coefficient (Wildman–Crippen LogP) is 1.80. The molecule has 140 valence electrons. The van der Waals surface area contributed by atoms with E-state index in [1.54, 1.807) is 7.05 Å². The van der Waals surface area contributed by atoms with E-state index >= 15 is 0 Å². The Kier molecular flexibility index (Phi) is 4.45. The van der Waals surface area contributed by atoms with E-state index in [1.807, 2.05) is 78.6 Å². The molecule has 6 heteroatoms. The molecular weight excluding hydrogens is 340 g/mol. The van der Waals surface area contributed by atoms with Gasteiger partial charge in [0.25, 0.3) is 0 Å². The molecule has 2 aromatic rings. The number of nitrogens with zero attached hydrogens (tertiary/aromatic N) is 3. The van der Waals surface area contributed by atoms with Crippen molar-refractivity contribution < 1.29 is 9.59 Å². The number of imide groups is 1. The van der Waals surface area contributed by atoms with Crippen LogP contribution >= 0.6 is 0 Å². The van der Waals surface area contributed by atoms with E-state index in [-0.39, 0.29) is 17.9 Å². The monoisotopic (exact) mass is 364 g/mol. The van der Waals surface area contributed by atoms with Gasteiger partial charge in [-0.2, -0.15) is 0 Å². The fourth-order valence-corrected chi connectivity index (χ4v) is 4.00. The average Bonchev–Trinajstić information content (AvgIpc) is 3.15. The number of carbonyl (C=O) groups excluding carboxylic acids is 2. The van der Waals surface area contributed by atoms with Gasteiger partial charge in [0, 0.05) is 33.4 Å². The van der Waals surface area contributed by atoms with Crippen LogP contribution in [0.15, 0.2) is 54.6 Å². The minimum absolute atomic E-state index is 0.116. The lowest BCUT2D eigenvalue weighted by atomic mass is 9.90. The van der Waals surface area contributed by atoms with Gasteiger partial charge in [0.2, 0.25) is 11.8 Å². The zero-order valence-corrected chi connectivity index (χ0v) is 15.8. The number of hydrogen-bond donors (Lipinski definition) is 1. The molecule has 0 saturated carbocycles. The predicted molar refractivity (Wildman–Crippen MR) is 104 cm³/mol. The lowest BCUT2D eigenvalue weighted by Crippen LogP contribution is -2.43. The van der Waals surface area contributed by atoms with Crippen molar-refractivity contribution in [3.63, 3.8) is 0 Å². The van der Waals surface area contributed by atoms with E-state index in [9.17, 15) is 9.59 Å². The van der Waals surface area contributed by atoms with E-state index in [0.29, 0.717) is 6.54 Å². The Balaban J connectivity index is 1.66. The molecule has 0 radical (unpaired) electrons. The molecule has 2 heterocycles. The summed E-state index contributed by atoms with van der Waals surface area (Å²) < 4.78 is 0. The molecule has 2 saturated heterocycles. The van der Waals surface area contributed by atoms with Gasteiger partial charge in [-0.25, -0.2) is 10.4 Å². The Morgan fingerprint density at radius 1 is 0.963 bits per heavy atom. The van der Waals surface area contributed by atoms with Gasteiger partial charge >= 0.3 is 0 Å². The van der Waals surface area contributed by atoms with Crippen LogP contribution in [0.3, 0.4) is 0 Å². The van der Waals surface area contributed by atoms with Crippen molar-refractivity contribution in [2.45, 2.75) is 18.6 Å². The highest BCUT2D eigenvalue weighted by Crippen LogP contribution is 2.40. The van der Waals surface area contributed by atoms with Crippen LogP contribution < -0.4 is 10.3 Å². The van der Waals surface area contributed by atoms with Gasteiger partial charge in [-0.1, -0.05) is 42.5 Å². The first-order chi connectivity index (χ1) is 13.0. The summed E-state index contributed by atoms with van der Waals surface area (Å²) in [6.45, 7) is 0.571. The number of amides is 2. The van der Waals surface area contributed by atoms with Gasteiger partial charge in [0.1, 0.15) is 6.04 Å². The zero-order valence-electron chi connectivity index (χ0n) is 15.8. The Morgan fingerprint density at radius 3 is 2.26 bits per heavy atom. The van der Waals surface area contributed by atoms with Gasteiger partial charge in [0.15, 0.2) is 0 Å². The van der Waals surface area contributed by atoms with Gasteiger partial charge in [-0.05, 0) is 23.3 Å². The molecule has 0 unspecified atom stereocenters. The lowest BCUT2D eigenvalue weighted by molar-refractivity contribution is -0.139. The molecule has 0 spiro atoms. The Bertz CT molecular complexity index is 850. The van der Waals surface area contributed by atoms with Crippen LogP contribution in [-0.2, 0) is 16.1 Å². The van der Waals surface area contributed by atoms with E-state index in [4.69, 9.17) is 0 Å². The van der Waals surface area contributed by atoms with Gasteiger partial charge < -0.3 is 4.90 Å². The summed E-state index contributed by atoms with van der Waals surface area (Å²) in [7, 11) is 5.57. The number of hydrazine groups is 1. The highest BCUT2D eigenvalue weighted by Gasteiger charge is 2.57. The molecule has 0 bridgehead atoms. The van der Waals surface area contributed by atoms with Crippen molar-refractivity contribution in [3.05, 3.63) is 65.7 Å². The second kappa shape index (κ2) is 6.79. The van der Waals surface area contributed by atoms with Crippen molar-refractivity contribution >= 4 is 17.5 Å². The summed E-state index contributed by atoms with van der Waals surface area (Å²) in [5, 5.41) is 1.92. The van der Waals surface area contributed by atoms with E-state index in [2.05, 4.69) is 5.43 Å². The molecule has 0 aliphatic carbocycles. The third-order valence-corrected chi connectivity index (χ3v) is 5.50. The van der Waals surface area contributed by atoms with Crippen molar-refractivity contribution in [1.29, 1.82) is 0 Å². The van der Waals surface area contributed by atoms with Crippen LogP contribution in [0.25, 0.3) is 0 Å². The maximum atomic E-state index is 12.8. The first kappa shape index (κ1) is 17.7. The smallest absolute Gasteiger partial charge is 0.248 e. The molecule has 2 fully saturated rings. The minimum Gasteiger partial charge on any atom is -0.378 e. The minimum atomic E-state index is -0.471. The Hall–Kier alpha value is -2.70. The molecule has 2 aromatic carbocycles. The molecular formula is C21H24N4O2. The maximum absolute atomic E-state index is 12.8. The molecule has 0 aromatic heterocycles. The quantitative estimate of drug-likeness (QED) is 0.839. The maximum Gasteiger partial charge on any atom is 0.248 e. The summed E-state index contributed by atoms with van der Waals surface area (Å²) in [5.74, 6) is -0.660. The fourth-order valence-electron chi connectivity index (χ4n) is 4.00. The van der Waals surface area contributed by atoms with Crippen LogP contribution in [0.2, 0.25) is 0 Å². The van der Waals surface area contributed by atoms with E-state index < -0.39 is 12.0 Å². The summed E-state index contributed by atoms with van der Waals surface area (Å²) >= 11 is 0. The number of fused-ring (bicyclic) bond motifs is 1. The number of anilines is 1. The third kappa shape index (κ3) is 3.01. The number of nitrogens with one attached hydrogen (secondary N) is 1. The number of benzene rings is 2. The number of rotatable bonds is 4. The molecule has 6 nitrogen and oxygen atoms in total. The van der Waals surface area contributed by atoms with Gasteiger partial charge in [-0.15, -0.1) is 0 Å². The van der Waals surface area contributed by atoms with Gasteiger partial charge in [-0.3, -0.25) is 14.5 Å². The van der Waals surface area contributed by atoms with Crippen LogP contribution in [0.4, 0.5) is 5.69 Å². The van der Waals surface area contributed by atoms with Crippen LogP contribution in [0, 0.1) is 5.92 Å². The normalized spacial score (nSPS) is 25.1. The molecule has 2 aliphatic rings. The van der Waals surface area contributed by atoms with Crippen molar-refractivity contribution in [1.82, 2.24) is 15.3 Å². The van der Waals surface area contributed by atoms with Crippen molar-refractivity contribution in [3.8, 4) is 0 Å². The third-order valence-electron chi connectivity index (χ3n) is 5.50. The van der Waals surface area contributed by atoms with Crippen molar-refractivity contribution in [2.75, 3.05) is 26.0 Å². The molecule has 4 rings (SSSR count). The first-order valence-corrected chi connectivity index (χ1v) is 9.13. The summed E-state index contributed by atoms with van der Waals surface area (Å²) in [5.41, 5.74) is 6.65. The molecule has 2 amide bonds. The summed E-state index contributed by atoms with van der Waals surface area (Å²) in [6.07, 6.45) is 0. The van der Waals surface area contributed by atoms with E-state index in [0.717, 1.165) is 16.8 Å². The number of likely N-dealkylation sites (N-methyl/N-ethyl adjacent to an activating group) is 1. The van der Waals surface area contributed by atoms with E-state index in [1.165, 1.54) is 4.90 Å². The zero-order chi connectivity index (χ0) is 19.1. The first-order valence-electron chi connectivity index (χ1n) is 9.13. The number of likely N-dealkylation sites (tertiary alicyclic amines) is 1.